The molecule has 0 saturated carbocycles. The first kappa shape index (κ1) is 13.9. The van der Waals surface area contributed by atoms with E-state index in [1.165, 1.54) is 38.5 Å². The lowest BCUT2D eigenvalue weighted by Crippen LogP contribution is -2.29. The monoisotopic (exact) mass is 201 g/mol. The molecule has 1 atom stereocenters. The molecule has 0 aliphatic carbocycles. The van der Waals surface area contributed by atoms with Crippen LogP contribution in [0.15, 0.2) is 0 Å². The fraction of sp³-hybridized carbons (Fsp3) is 1.00. The number of nitrogens with one attached hydrogen (secondary N) is 1. The Balaban J connectivity index is 3.06. The van der Waals surface area contributed by atoms with Crippen molar-refractivity contribution in [3.63, 3.8) is 0 Å². The Morgan fingerprint density at radius 3 is 2.50 bits per heavy atom. The summed E-state index contributed by atoms with van der Waals surface area (Å²) in [7, 11) is 1.75. The van der Waals surface area contributed by atoms with Crippen LogP contribution in [0.3, 0.4) is 0 Å². The zero-order valence-electron chi connectivity index (χ0n) is 10.1. The third kappa shape index (κ3) is 10.0. The van der Waals surface area contributed by atoms with Crippen LogP contribution in [0.25, 0.3) is 0 Å². The average molecular weight is 201 g/mol. The number of rotatable bonds is 10. The van der Waals surface area contributed by atoms with Gasteiger partial charge in [-0.2, -0.15) is 0 Å². The highest BCUT2D eigenvalue weighted by molar-refractivity contribution is 4.60. The summed E-state index contributed by atoms with van der Waals surface area (Å²) in [6.45, 7) is 6.32. The van der Waals surface area contributed by atoms with Crippen LogP contribution in [0.4, 0.5) is 0 Å². The topological polar surface area (TPSA) is 21.3 Å². The van der Waals surface area contributed by atoms with Gasteiger partial charge in [-0.25, -0.2) is 0 Å². The minimum Gasteiger partial charge on any atom is -0.383 e. The van der Waals surface area contributed by atoms with Crippen LogP contribution in [0, 0.1) is 0 Å². The Morgan fingerprint density at radius 1 is 1.14 bits per heavy atom. The van der Waals surface area contributed by atoms with Gasteiger partial charge < -0.3 is 10.1 Å². The normalized spacial score (nSPS) is 13.1. The van der Waals surface area contributed by atoms with Crippen LogP contribution in [-0.2, 0) is 4.74 Å². The maximum Gasteiger partial charge on any atom is 0.0587 e. The van der Waals surface area contributed by atoms with Crippen LogP contribution < -0.4 is 5.32 Å². The van der Waals surface area contributed by atoms with E-state index in [1.807, 2.05) is 0 Å². The van der Waals surface area contributed by atoms with Crippen molar-refractivity contribution in [1.82, 2.24) is 5.32 Å². The SMILES string of the molecule is CCCCCCCC(C)NCCOC. The molecule has 0 spiro atoms. The van der Waals surface area contributed by atoms with E-state index in [0.29, 0.717) is 6.04 Å². The summed E-state index contributed by atoms with van der Waals surface area (Å²) in [5, 5.41) is 3.45. The van der Waals surface area contributed by atoms with E-state index in [2.05, 4.69) is 19.2 Å². The Labute approximate surface area is 89.4 Å². The number of hydrogen-bond donors (Lipinski definition) is 1. The van der Waals surface area contributed by atoms with Gasteiger partial charge in [0.2, 0.25) is 0 Å². The van der Waals surface area contributed by atoms with Gasteiger partial charge in [-0.15, -0.1) is 0 Å². The minimum absolute atomic E-state index is 0.645. The fourth-order valence-electron chi connectivity index (χ4n) is 1.56. The van der Waals surface area contributed by atoms with E-state index in [4.69, 9.17) is 4.74 Å². The zero-order valence-corrected chi connectivity index (χ0v) is 10.1. The van der Waals surface area contributed by atoms with E-state index in [0.717, 1.165) is 13.2 Å². The van der Waals surface area contributed by atoms with Crippen LogP contribution in [0.5, 0.6) is 0 Å². The van der Waals surface area contributed by atoms with Crippen molar-refractivity contribution >= 4 is 0 Å². The van der Waals surface area contributed by atoms with Crippen molar-refractivity contribution in [1.29, 1.82) is 0 Å². The van der Waals surface area contributed by atoms with Gasteiger partial charge in [0, 0.05) is 19.7 Å². The van der Waals surface area contributed by atoms with E-state index < -0.39 is 0 Å². The molecule has 14 heavy (non-hydrogen) atoms. The van der Waals surface area contributed by atoms with E-state index >= 15 is 0 Å². The highest BCUT2D eigenvalue weighted by Gasteiger charge is 1.99. The minimum atomic E-state index is 0.645. The second kappa shape index (κ2) is 11.0. The molecule has 0 saturated heterocycles. The molecule has 0 amide bonds. The summed E-state index contributed by atoms with van der Waals surface area (Å²) >= 11 is 0. The lowest BCUT2D eigenvalue weighted by molar-refractivity contribution is 0.195. The van der Waals surface area contributed by atoms with Gasteiger partial charge in [0.25, 0.3) is 0 Å². The lowest BCUT2D eigenvalue weighted by Gasteiger charge is -2.12. The molecule has 2 nitrogen and oxygen atoms in total. The molecule has 0 aliphatic rings. The third-order valence-corrected chi connectivity index (χ3v) is 2.54. The first-order valence-corrected chi connectivity index (χ1v) is 6.03. The average Bonchev–Trinajstić information content (AvgIpc) is 2.18. The second-order valence-corrected chi connectivity index (χ2v) is 4.05. The van der Waals surface area contributed by atoms with Gasteiger partial charge in [-0.3, -0.25) is 0 Å². The molecule has 0 aliphatic heterocycles. The molecule has 0 radical (unpaired) electrons. The highest BCUT2D eigenvalue weighted by atomic mass is 16.5. The predicted molar refractivity (Wildman–Crippen MR) is 62.7 cm³/mol. The molecule has 2 heteroatoms. The van der Waals surface area contributed by atoms with Gasteiger partial charge >= 0.3 is 0 Å². The summed E-state index contributed by atoms with van der Waals surface area (Å²) in [6, 6.07) is 0.645. The van der Waals surface area contributed by atoms with E-state index in [1.54, 1.807) is 7.11 Å². The number of methoxy groups -OCH3 is 1. The van der Waals surface area contributed by atoms with Crippen molar-refractivity contribution in [3.05, 3.63) is 0 Å². The summed E-state index contributed by atoms with van der Waals surface area (Å²) in [6.07, 6.45) is 8.19. The molecule has 1 N–H and O–H groups in total. The molecular weight excluding hydrogens is 174 g/mol. The Kier molecular flexibility index (Phi) is 10.9. The van der Waals surface area contributed by atoms with Gasteiger partial charge in [0.05, 0.1) is 6.61 Å². The second-order valence-electron chi connectivity index (χ2n) is 4.05. The summed E-state index contributed by atoms with van der Waals surface area (Å²) < 4.78 is 4.99. The fourth-order valence-corrected chi connectivity index (χ4v) is 1.56. The van der Waals surface area contributed by atoms with Crippen LogP contribution in [-0.4, -0.2) is 26.3 Å². The molecular formula is C12H27NO. The van der Waals surface area contributed by atoms with Gasteiger partial charge in [-0.05, 0) is 13.3 Å². The molecule has 0 rings (SSSR count). The van der Waals surface area contributed by atoms with Crippen molar-refractivity contribution in [2.75, 3.05) is 20.3 Å². The van der Waals surface area contributed by atoms with Crippen LogP contribution in [0.2, 0.25) is 0 Å². The van der Waals surface area contributed by atoms with Crippen LogP contribution in [0.1, 0.15) is 52.4 Å². The zero-order chi connectivity index (χ0) is 10.6. The molecule has 0 aromatic rings. The van der Waals surface area contributed by atoms with Crippen LogP contribution >= 0.6 is 0 Å². The van der Waals surface area contributed by atoms with Gasteiger partial charge in [0.15, 0.2) is 0 Å². The van der Waals surface area contributed by atoms with E-state index in [-0.39, 0.29) is 0 Å². The van der Waals surface area contributed by atoms with Crippen molar-refractivity contribution in [2.24, 2.45) is 0 Å². The Bertz CT molecular complexity index is 106. The number of unbranched alkanes of at least 4 members (excludes halogenated alkanes) is 4. The standard InChI is InChI=1S/C12H27NO/c1-4-5-6-7-8-9-12(2)13-10-11-14-3/h12-13H,4-11H2,1-3H3. The molecule has 0 aromatic carbocycles. The number of hydrogen-bond acceptors (Lipinski definition) is 2. The van der Waals surface area contributed by atoms with Gasteiger partial charge in [-0.1, -0.05) is 39.0 Å². The molecule has 0 fully saturated rings. The highest BCUT2D eigenvalue weighted by Crippen LogP contribution is 2.06. The molecule has 1 unspecified atom stereocenters. The lowest BCUT2D eigenvalue weighted by atomic mass is 10.1. The third-order valence-electron chi connectivity index (χ3n) is 2.54. The first-order valence-electron chi connectivity index (χ1n) is 6.03. The molecule has 0 heterocycles. The van der Waals surface area contributed by atoms with Crippen molar-refractivity contribution < 1.29 is 4.74 Å². The Hall–Kier alpha value is -0.0800. The number of ether oxygens (including phenoxy) is 1. The smallest absolute Gasteiger partial charge is 0.0587 e. The van der Waals surface area contributed by atoms with Crippen molar-refractivity contribution in [3.8, 4) is 0 Å². The summed E-state index contributed by atoms with van der Waals surface area (Å²) in [5.74, 6) is 0. The van der Waals surface area contributed by atoms with E-state index in [9.17, 15) is 0 Å². The molecule has 0 bridgehead atoms. The summed E-state index contributed by atoms with van der Waals surface area (Å²) in [5.41, 5.74) is 0. The largest absolute Gasteiger partial charge is 0.383 e. The maximum atomic E-state index is 4.99. The Morgan fingerprint density at radius 2 is 1.86 bits per heavy atom. The first-order chi connectivity index (χ1) is 6.81. The quantitative estimate of drug-likeness (QED) is 0.549. The van der Waals surface area contributed by atoms with Gasteiger partial charge in [0.1, 0.15) is 0 Å². The molecule has 86 valence electrons. The maximum absolute atomic E-state index is 4.99. The predicted octanol–water partition coefficient (Wildman–Crippen LogP) is 2.97. The van der Waals surface area contributed by atoms with Crippen molar-refractivity contribution in [2.45, 2.75) is 58.4 Å². The summed E-state index contributed by atoms with van der Waals surface area (Å²) in [4.78, 5) is 0. The molecule has 0 aromatic heterocycles.